The molecule has 0 atom stereocenters. The van der Waals surface area contributed by atoms with Gasteiger partial charge >= 0.3 is 0 Å². The van der Waals surface area contributed by atoms with Crippen LogP contribution in [0.5, 0.6) is 0 Å². The predicted octanol–water partition coefficient (Wildman–Crippen LogP) is 3.89. The molecule has 0 unspecified atom stereocenters. The Morgan fingerprint density at radius 3 is 2.33 bits per heavy atom. The van der Waals surface area contributed by atoms with Gasteiger partial charge in [0.25, 0.3) is 0 Å². The van der Waals surface area contributed by atoms with Crippen LogP contribution >= 0.6 is 0 Å². The average molecular weight is 243 g/mol. The van der Waals surface area contributed by atoms with E-state index in [0.717, 1.165) is 5.69 Å². The topological polar surface area (TPSA) is 28.0 Å². The van der Waals surface area contributed by atoms with Gasteiger partial charge in [-0.2, -0.15) is 4.99 Å². The highest BCUT2D eigenvalue weighted by Crippen LogP contribution is 2.22. The van der Waals surface area contributed by atoms with E-state index < -0.39 is 0 Å². The molecule has 0 amide bonds. The Bertz CT molecular complexity index is 422. The van der Waals surface area contributed by atoms with Gasteiger partial charge in [0.15, 0.2) is 0 Å². The van der Waals surface area contributed by atoms with Crippen LogP contribution in [-0.2, 0) is 0 Å². The number of rotatable bonds is 3. The van der Waals surface area contributed by atoms with Gasteiger partial charge in [0.05, 0.1) is 17.7 Å². The van der Waals surface area contributed by atoms with Crippen molar-refractivity contribution in [1.29, 1.82) is 0 Å². The first-order valence-corrected chi connectivity index (χ1v) is 6.76. The zero-order chi connectivity index (χ0) is 12.8. The van der Waals surface area contributed by atoms with E-state index in [4.69, 9.17) is 0 Å². The van der Waals surface area contributed by atoms with E-state index >= 15 is 0 Å². The van der Waals surface area contributed by atoms with E-state index in [1.54, 1.807) is 0 Å². The lowest BCUT2D eigenvalue weighted by Crippen LogP contribution is -2.29. The van der Waals surface area contributed by atoms with Gasteiger partial charge in [-0.3, -0.25) is 0 Å². The first-order valence-electron chi connectivity index (χ1n) is 6.76. The van der Waals surface area contributed by atoms with Crippen LogP contribution in [-0.4, -0.2) is 25.1 Å². The van der Waals surface area contributed by atoms with Crippen LogP contribution in [0.15, 0.2) is 34.3 Å². The minimum atomic E-state index is 0.251. The maximum Gasteiger partial charge on any atom is 0.0951 e. The summed E-state index contributed by atoms with van der Waals surface area (Å²) in [6.07, 6.45) is 3.98. The average Bonchev–Trinajstić information content (AvgIpc) is 2.40. The van der Waals surface area contributed by atoms with Crippen LogP contribution in [0.4, 0.5) is 11.4 Å². The molecular weight excluding hydrogens is 222 g/mol. The molecule has 0 aromatic heterocycles. The van der Waals surface area contributed by atoms with Gasteiger partial charge in [0.2, 0.25) is 0 Å². The molecule has 3 nitrogen and oxygen atoms in total. The lowest BCUT2D eigenvalue weighted by atomic mass is 10.1. The van der Waals surface area contributed by atoms with E-state index in [1.165, 1.54) is 38.0 Å². The van der Waals surface area contributed by atoms with Crippen molar-refractivity contribution in [1.82, 2.24) is 0 Å². The molecule has 1 aliphatic heterocycles. The van der Waals surface area contributed by atoms with E-state index in [9.17, 15) is 0 Å². The van der Waals surface area contributed by atoms with Gasteiger partial charge < -0.3 is 4.90 Å². The van der Waals surface area contributed by atoms with Gasteiger partial charge in [-0.1, -0.05) is 0 Å². The molecule has 0 spiro atoms. The SMILES string of the molecule is CC(C)N=C=Nc1ccc(N2CCCCC2)cc1. The lowest BCUT2D eigenvalue weighted by Gasteiger charge is -2.28. The number of piperidine rings is 1. The third-order valence-corrected chi connectivity index (χ3v) is 3.07. The molecule has 1 heterocycles. The molecule has 1 saturated heterocycles. The largest absolute Gasteiger partial charge is 0.372 e. The van der Waals surface area contributed by atoms with Crippen LogP contribution in [0, 0.1) is 0 Å². The van der Waals surface area contributed by atoms with Crippen molar-refractivity contribution < 1.29 is 0 Å². The number of hydrogen-bond acceptors (Lipinski definition) is 3. The maximum atomic E-state index is 4.20. The standard InChI is InChI=1S/C15H21N3/c1-13(2)16-12-17-14-6-8-15(9-7-14)18-10-4-3-5-11-18/h6-9,13H,3-5,10-11H2,1-2H3. The molecule has 18 heavy (non-hydrogen) atoms. The Kier molecular flexibility index (Phi) is 4.54. The molecule has 1 aromatic rings. The summed E-state index contributed by atoms with van der Waals surface area (Å²) in [6, 6.07) is 11.3. The second-order valence-electron chi connectivity index (χ2n) is 5.00. The van der Waals surface area contributed by atoms with Gasteiger partial charge in [0, 0.05) is 18.8 Å². The van der Waals surface area contributed by atoms with Crippen molar-refractivity contribution in [3.05, 3.63) is 24.3 Å². The van der Waals surface area contributed by atoms with Crippen LogP contribution in [0.25, 0.3) is 0 Å². The summed E-state index contributed by atoms with van der Waals surface area (Å²) in [7, 11) is 0. The van der Waals surface area contributed by atoms with Gasteiger partial charge in [0.1, 0.15) is 0 Å². The van der Waals surface area contributed by atoms with Crippen molar-refractivity contribution in [2.45, 2.75) is 39.2 Å². The fourth-order valence-electron chi connectivity index (χ4n) is 2.09. The van der Waals surface area contributed by atoms with E-state index in [0.29, 0.717) is 0 Å². The van der Waals surface area contributed by atoms with Crippen molar-refractivity contribution in [3.8, 4) is 0 Å². The highest BCUT2D eigenvalue weighted by atomic mass is 15.1. The first kappa shape index (κ1) is 12.8. The Morgan fingerprint density at radius 2 is 1.72 bits per heavy atom. The second-order valence-corrected chi connectivity index (χ2v) is 5.00. The first-order chi connectivity index (χ1) is 8.75. The monoisotopic (exact) mass is 243 g/mol. The van der Waals surface area contributed by atoms with Crippen molar-refractivity contribution in [2.75, 3.05) is 18.0 Å². The van der Waals surface area contributed by atoms with Gasteiger partial charge in [-0.05, 0) is 57.4 Å². The molecule has 96 valence electrons. The summed E-state index contributed by atoms with van der Waals surface area (Å²) in [5, 5.41) is 0. The fourth-order valence-corrected chi connectivity index (χ4v) is 2.09. The Labute approximate surface area is 109 Å². The normalized spacial score (nSPS) is 15.4. The Balaban J connectivity index is 2.03. The molecule has 1 fully saturated rings. The summed E-state index contributed by atoms with van der Waals surface area (Å²) in [5.74, 6) is 0. The number of aliphatic imine (C=N–C) groups is 2. The van der Waals surface area contributed by atoms with E-state index in [-0.39, 0.29) is 6.04 Å². The van der Waals surface area contributed by atoms with Gasteiger partial charge in [-0.25, -0.2) is 4.99 Å². The molecule has 0 aliphatic carbocycles. The van der Waals surface area contributed by atoms with Crippen molar-refractivity contribution in [2.24, 2.45) is 9.98 Å². The molecule has 1 aliphatic rings. The molecule has 0 saturated carbocycles. The number of nitrogens with zero attached hydrogens (tertiary/aromatic N) is 3. The van der Waals surface area contributed by atoms with Crippen LogP contribution < -0.4 is 4.90 Å². The van der Waals surface area contributed by atoms with Crippen molar-refractivity contribution in [3.63, 3.8) is 0 Å². The Hall–Kier alpha value is -1.60. The zero-order valence-electron chi connectivity index (χ0n) is 11.3. The summed E-state index contributed by atoms with van der Waals surface area (Å²) < 4.78 is 0. The van der Waals surface area contributed by atoms with E-state index in [1.807, 2.05) is 26.0 Å². The minimum Gasteiger partial charge on any atom is -0.372 e. The molecular formula is C15H21N3. The fraction of sp³-hybridized carbons (Fsp3) is 0.533. The smallest absolute Gasteiger partial charge is 0.0951 e. The van der Waals surface area contributed by atoms with Crippen LogP contribution in [0.2, 0.25) is 0 Å². The molecule has 3 heteroatoms. The molecule has 1 aromatic carbocycles. The number of benzene rings is 1. The second kappa shape index (κ2) is 6.36. The van der Waals surface area contributed by atoms with Gasteiger partial charge in [-0.15, -0.1) is 0 Å². The number of anilines is 1. The quantitative estimate of drug-likeness (QED) is 0.740. The summed E-state index contributed by atoms with van der Waals surface area (Å²) in [5.41, 5.74) is 2.22. The molecule has 2 rings (SSSR count). The number of hydrogen-bond donors (Lipinski definition) is 0. The van der Waals surface area contributed by atoms with Crippen molar-refractivity contribution >= 4 is 17.4 Å². The van der Waals surface area contributed by atoms with E-state index in [2.05, 4.69) is 33.0 Å². The predicted molar refractivity (Wildman–Crippen MR) is 77.2 cm³/mol. The molecule has 0 bridgehead atoms. The highest BCUT2D eigenvalue weighted by molar-refractivity contribution is 5.57. The maximum absolute atomic E-state index is 4.20. The summed E-state index contributed by atoms with van der Waals surface area (Å²) in [6.45, 7) is 6.39. The summed E-state index contributed by atoms with van der Waals surface area (Å²) >= 11 is 0. The minimum absolute atomic E-state index is 0.251. The third-order valence-electron chi connectivity index (χ3n) is 3.07. The lowest BCUT2D eigenvalue weighted by molar-refractivity contribution is 0.578. The molecule has 0 radical (unpaired) electrons. The molecule has 0 N–H and O–H groups in total. The Morgan fingerprint density at radius 1 is 1.06 bits per heavy atom. The zero-order valence-corrected chi connectivity index (χ0v) is 11.3. The highest BCUT2D eigenvalue weighted by Gasteiger charge is 2.10. The summed E-state index contributed by atoms with van der Waals surface area (Å²) in [4.78, 5) is 10.7. The third kappa shape index (κ3) is 3.71. The van der Waals surface area contributed by atoms with Crippen LogP contribution in [0.1, 0.15) is 33.1 Å². The van der Waals surface area contributed by atoms with Crippen LogP contribution in [0.3, 0.4) is 0 Å².